The fraction of sp³-hybridized carbons (Fsp3) is 0.522. The third-order valence-corrected chi connectivity index (χ3v) is 6.61. The molecule has 0 aliphatic carbocycles. The van der Waals surface area contributed by atoms with E-state index >= 15 is 0 Å². The van der Waals surface area contributed by atoms with Crippen LogP contribution in [0.4, 0.5) is 11.4 Å². The Kier molecular flexibility index (Phi) is 6.37. The molecule has 2 aliphatic rings. The van der Waals surface area contributed by atoms with Gasteiger partial charge in [-0.15, -0.1) is 0 Å². The Labute approximate surface area is 182 Å². The zero-order chi connectivity index (χ0) is 21.1. The molecule has 0 saturated carbocycles. The molecule has 1 aromatic carbocycles. The van der Waals surface area contributed by atoms with Gasteiger partial charge in [0.2, 0.25) is 0 Å². The van der Waals surface area contributed by atoms with Gasteiger partial charge < -0.3 is 24.5 Å². The Morgan fingerprint density at radius 1 is 1.23 bits per heavy atom. The SMILES string of the molecule is CC1(CO)CCN(c2ccc(Cl)cc2NC(=O)c2ccc(C3CCOCC3)o2)CC1. The summed E-state index contributed by atoms with van der Waals surface area (Å²) in [6.07, 6.45) is 3.61. The number of benzene rings is 1. The second kappa shape index (κ2) is 9.00. The Bertz CT molecular complexity index is 883. The van der Waals surface area contributed by atoms with Gasteiger partial charge in [0.1, 0.15) is 5.76 Å². The molecule has 0 radical (unpaired) electrons. The molecule has 6 nitrogen and oxygen atoms in total. The van der Waals surface area contributed by atoms with Gasteiger partial charge in [-0.3, -0.25) is 4.79 Å². The van der Waals surface area contributed by atoms with Crippen molar-refractivity contribution in [3.8, 4) is 0 Å². The van der Waals surface area contributed by atoms with Gasteiger partial charge >= 0.3 is 0 Å². The average molecular weight is 433 g/mol. The topological polar surface area (TPSA) is 74.9 Å². The Balaban J connectivity index is 1.48. The Morgan fingerprint density at radius 2 is 1.97 bits per heavy atom. The maximum Gasteiger partial charge on any atom is 0.291 e. The van der Waals surface area contributed by atoms with Gasteiger partial charge in [-0.25, -0.2) is 0 Å². The van der Waals surface area contributed by atoms with Crippen molar-refractivity contribution in [2.24, 2.45) is 5.41 Å². The molecule has 2 saturated heterocycles. The lowest BCUT2D eigenvalue weighted by molar-refractivity contribution is 0.0799. The smallest absolute Gasteiger partial charge is 0.291 e. The summed E-state index contributed by atoms with van der Waals surface area (Å²) >= 11 is 6.22. The lowest BCUT2D eigenvalue weighted by Crippen LogP contribution is -2.40. The zero-order valence-corrected chi connectivity index (χ0v) is 18.1. The lowest BCUT2D eigenvalue weighted by Gasteiger charge is -2.40. The van der Waals surface area contributed by atoms with E-state index in [1.165, 1.54) is 0 Å². The first kappa shape index (κ1) is 21.2. The third-order valence-electron chi connectivity index (χ3n) is 6.37. The number of rotatable bonds is 5. The van der Waals surface area contributed by atoms with Crippen LogP contribution in [0.2, 0.25) is 5.02 Å². The minimum Gasteiger partial charge on any atom is -0.456 e. The fourth-order valence-corrected chi connectivity index (χ4v) is 4.36. The van der Waals surface area contributed by atoms with Gasteiger partial charge in [0.25, 0.3) is 5.91 Å². The van der Waals surface area contributed by atoms with Gasteiger partial charge in [0.05, 0.1) is 11.4 Å². The third kappa shape index (κ3) is 4.66. The summed E-state index contributed by atoms with van der Waals surface area (Å²) in [5, 5.41) is 13.2. The highest BCUT2D eigenvalue weighted by Gasteiger charge is 2.30. The van der Waals surface area contributed by atoms with Gasteiger partial charge in [0, 0.05) is 43.9 Å². The predicted octanol–water partition coefficient (Wildman–Crippen LogP) is 4.68. The molecule has 0 unspecified atom stereocenters. The number of anilines is 2. The largest absolute Gasteiger partial charge is 0.456 e. The second-order valence-corrected chi connectivity index (χ2v) is 9.10. The maximum atomic E-state index is 12.9. The first-order valence-electron chi connectivity index (χ1n) is 10.6. The predicted molar refractivity (Wildman–Crippen MR) is 118 cm³/mol. The number of carbonyl (C=O) groups excluding carboxylic acids is 1. The van der Waals surface area contributed by atoms with E-state index < -0.39 is 0 Å². The number of aliphatic hydroxyl groups is 1. The van der Waals surface area contributed by atoms with Crippen molar-refractivity contribution < 1.29 is 19.1 Å². The number of amides is 1. The Hall–Kier alpha value is -2.02. The van der Waals surface area contributed by atoms with Crippen LogP contribution >= 0.6 is 11.6 Å². The quantitative estimate of drug-likeness (QED) is 0.717. The standard InChI is InChI=1S/C23H29ClN2O4/c1-23(15-27)8-10-26(11-9-23)19-3-2-17(24)14-18(19)25-22(28)21-5-4-20(30-21)16-6-12-29-13-7-16/h2-5,14,16,27H,6-13,15H2,1H3,(H,25,28). The van der Waals surface area contributed by atoms with Crippen molar-refractivity contribution in [2.45, 2.75) is 38.5 Å². The van der Waals surface area contributed by atoms with Crippen LogP contribution in [0.25, 0.3) is 0 Å². The number of hydrogen-bond acceptors (Lipinski definition) is 5. The highest BCUT2D eigenvalue weighted by Crippen LogP contribution is 2.37. The lowest BCUT2D eigenvalue weighted by atomic mass is 9.81. The average Bonchev–Trinajstić information content (AvgIpc) is 3.26. The number of furan rings is 1. The van der Waals surface area contributed by atoms with E-state index in [4.69, 9.17) is 20.8 Å². The first-order valence-corrected chi connectivity index (χ1v) is 11.0. The summed E-state index contributed by atoms with van der Waals surface area (Å²) in [7, 11) is 0. The highest BCUT2D eigenvalue weighted by atomic mass is 35.5. The number of halogens is 1. The monoisotopic (exact) mass is 432 g/mol. The molecule has 30 heavy (non-hydrogen) atoms. The molecule has 7 heteroatoms. The zero-order valence-electron chi connectivity index (χ0n) is 17.3. The molecule has 1 amide bonds. The highest BCUT2D eigenvalue weighted by molar-refractivity contribution is 6.31. The fourth-order valence-electron chi connectivity index (χ4n) is 4.19. The van der Waals surface area contributed by atoms with Crippen molar-refractivity contribution in [3.05, 3.63) is 46.9 Å². The summed E-state index contributed by atoms with van der Waals surface area (Å²) in [6, 6.07) is 9.18. The van der Waals surface area contributed by atoms with E-state index in [-0.39, 0.29) is 17.9 Å². The van der Waals surface area contributed by atoms with Crippen LogP contribution in [0.1, 0.15) is 54.8 Å². The van der Waals surface area contributed by atoms with Gasteiger partial charge in [0.15, 0.2) is 5.76 Å². The molecule has 0 spiro atoms. The van der Waals surface area contributed by atoms with Crippen molar-refractivity contribution in [1.29, 1.82) is 0 Å². The summed E-state index contributed by atoms with van der Waals surface area (Å²) in [6.45, 7) is 5.39. The number of ether oxygens (including phenoxy) is 1. The summed E-state index contributed by atoms with van der Waals surface area (Å²) in [5.74, 6) is 1.16. The maximum absolute atomic E-state index is 12.9. The molecular weight excluding hydrogens is 404 g/mol. The minimum atomic E-state index is -0.283. The number of aliphatic hydroxyl groups excluding tert-OH is 1. The number of nitrogens with zero attached hydrogens (tertiary/aromatic N) is 1. The van der Waals surface area contributed by atoms with E-state index in [9.17, 15) is 9.90 Å². The molecule has 1 aromatic heterocycles. The normalized spacial score (nSPS) is 19.6. The van der Waals surface area contributed by atoms with E-state index in [2.05, 4.69) is 17.1 Å². The summed E-state index contributed by atoms with van der Waals surface area (Å²) < 4.78 is 11.3. The van der Waals surface area contributed by atoms with Gasteiger partial charge in [-0.1, -0.05) is 18.5 Å². The molecule has 2 aliphatic heterocycles. The van der Waals surface area contributed by atoms with E-state index in [1.54, 1.807) is 12.1 Å². The summed E-state index contributed by atoms with van der Waals surface area (Å²) in [5.41, 5.74) is 1.56. The second-order valence-electron chi connectivity index (χ2n) is 8.66. The number of nitrogens with one attached hydrogen (secondary N) is 1. The van der Waals surface area contributed by atoms with E-state index in [0.29, 0.717) is 22.4 Å². The number of piperidine rings is 1. The molecule has 4 rings (SSSR count). The van der Waals surface area contributed by atoms with Gasteiger partial charge in [-0.2, -0.15) is 0 Å². The van der Waals surface area contributed by atoms with Crippen molar-refractivity contribution >= 4 is 28.9 Å². The van der Waals surface area contributed by atoms with Crippen LogP contribution in [0.5, 0.6) is 0 Å². The summed E-state index contributed by atoms with van der Waals surface area (Å²) in [4.78, 5) is 15.1. The van der Waals surface area contributed by atoms with Crippen LogP contribution in [0.15, 0.2) is 34.7 Å². The van der Waals surface area contributed by atoms with Crippen LogP contribution < -0.4 is 10.2 Å². The molecule has 2 aromatic rings. The molecule has 162 valence electrons. The molecule has 3 heterocycles. The molecule has 2 N–H and O–H groups in total. The van der Waals surface area contributed by atoms with Crippen LogP contribution in [-0.2, 0) is 4.74 Å². The van der Waals surface area contributed by atoms with E-state index in [1.807, 2.05) is 18.2 Å². The number of hydrogen-bond donors (Lipinski definition) is 2. The van der Waals surface area contributed by atoms with Crippen molar-refractivity contribution in [3.63, 3.8) is 0 Å². The molecular formula is C23H29ClN2O4. The Morgan fingerprint density at radius 3 is 2.67 bits per heavy atom. The first-order chi connectivity index (χ1) is 14.5. The van der Waals surface area contributed by atoms with E-state index in [0.717, 1.165) is 63.4 Å². The molecule has 0 bridgehead atoms. The molecule has 2 fully saturated rings. The van der Waals surface area contributed by atoms with Crippen molar-refractivity contribution in [2.75, 3.05) is 43.1 Å². The van der Waals surface area contributed by atoms with Crippen LogP contribution in [0.3, 0.4) is 0 Å². The van der Waals surface area contributed by atoms with Gasteiger partial charge in [-0.05, 0) is 61.4 Å². The van der Waals surface area contributed by atoms with Crippen molar-refractivity contribution in [1.82, 2.24) is 0 Å². The van der Waals surface area contributed by atoms with Crippen LogP contribution in [0, 0.1) is 5.41 Å². The number of carbonyl (C=O) groups is 1. The van der Waals surface area contributed by atoms with Crippen LogP contribution in [-0.4, -0.2) is 43.9 Å². The molecule has 0 atom stereocenters. The minimum absolute atomic E-state index is 0.0406.